The van der Waals surface area contributed by atoms with E-state index in [9.17, 15) is 4.79 Å². The van der Waals surface area contributed by atoms with E-state index < -0.39 is 0 Å². The maximum atomic E-state index is 12.4. The molecule has 0 radical (unpaired) electrons. The minimum Gasteiger partial charge on any atom is -0.497 e. The van der Waals surface area contributed by atoms with Crippen LogP contribution >= 0.6 is 0 Å². The van der Waals surface area contributed by atoms with Crippen molar-refractivity contribution < 1.29 is 9.53 Å². The van der Waals surface area contributed by atoms with E-state index in [1.807, 2.05) is 53.2 Å². The van der Waals surface area contributed by atoms with E-state index in [0.29, 0.717) is 12.0 Å². The van der Waals surface area contributed by atoms with Crippen molar-refractivity contribution in [3.63, 3.8) is 0 Å². The maximum absolute atomic E-state index is 12.4. The van der Waals surface area contributed by atoms with Crippen molar-refractivity contribution in [1.82, 2.24) is 4.57 Å². The van der Waals surface area contributed by atoms with Crippen LogP contribution in [0.15, 0.2) is 77.9 Å². The van der Waals surface area contributed by atoms with E-state index in [2.05, 4.69) is 36.2 Å². The number of rotatable bonds is 5. The third-order valence-electron chi connectivity index (χ3n) is 4.14. The van der Waals surface area contributed by atoms with Crippen LogP contribution < -0.4 is 10.2 Å². The van der Waals surface area contributed by atoms with Gasteiger partial charge in [-0.25, -0.2) is 0 Å². The number of amides is 1. The quantitative estimate of drug-likeness (QED) is 0.709. The first-order chi connectivity index (χ1) is 12.6. The van der Waals surface area contributed by atoms with Gasteiger partial charge >= 0.3 is 0 Å². The Labute approximate surface area is 153 Å². The molecule has 0 saturated carbocycles. The molecular formula is C22H22N2O2. The Morgan fingerprint density at radius 1 is 0.962 bits per heavy atom. The van der Waals surface area contributed by atoms with Gasteiger partial charge in [-0.1, -0.05) is 48.0 Å². The summed E-state index contributed by atoms with van der Waals surface area (Å²) in [4.78, 5) is 16.7. The molecule has 0 spiro atoms. The Kier molecular flexibility index (Phi) is 5.64. The van der Waals surface area contributed by atoms with Crippen LogP contribution in [-0.2, 0) is 17.8 Å². The highest BCUT2D eigenvalue weighted by Crippen LogP contribution is 2.12. The zero-order valence-corrected chi connectivity index (χ0v) is 15.1. The van der Waals surface area contributed by atoms with Crippen molar-refractivity contribution in [2.24, 2.45) is 4.99 Å². The van der Waals surface area contributed by atoms with E-state index >= 15 is 0 Å². The van der Waals surface area contributed by atoms with Gasteiger partial charge in [0, 0.05) is 12.7 Å². The lowest BCUT2D eigenvalue weighted by atomic mass is 10.1. The zero-order valence-electron chi connectivity index (χ0n) is 15.1. The van der Waals surface area contributed by atoms with E-state index in [1.54, 1.807) is 7.11 Å². The molecule has 4 heteroatoms. The number of aryl methyl sites for hydroxylation is 1. The van der Waals surface area contributed by atoms with Gasteiger partial charge in [0.1, 0.15) is 11.2 Å². The van der Waals surface area contributed by atoms with E-state index in [4.69, 9.17) is 4.74 Å². The summed E-state index contributed by atoms with van der Waals surface area (Å²) >= 11 is 0. The van der Waals surface area contributed by atoms with E-state index in [-0.39, 0.29) is 12.3 Å². The molecule has 1 heterocycles. The van der Waals surface area contributed by atoms with Gasteiger partial charge in [0.05, 0.1) is 13.5 Å². The van der Waals surface area contributed by atoms with Crippen LogP contribution in [0.2, 0.25) is 0 Å². The first-order valence-corrected chi connectivity index (χ1v) is 8.55. The number of methoxy groups -OCH3 is 1. The van der Waals surface area contributed by atoms with Crippen molar-refractivity contribution >= 4 is 5.91 Å². The third-order valence-corrected chi connectivity index (χ3v) is 4.14. The molecule has 2 aromatic carbocycles. The fourth-order valence-electron chi connectivity index (χ4n) is 2.68. The summed E-state index contributed by atoms with van der Waals surface area (Å²) in [6, 6.07) is 21.5. The fraction of sp³-hybridized carbons (Fsp3) is 0.182. The molecule has 0 fully saturated rings. The Morgan fingerprint density at radius 3 is 2.35 bits per heavy atom. The molecule has 0 aliphatic carbocycles. The number of hydrogen-bond donors (Lipinski definition) is 0. The van der Waals surface area contributed by atoms with Gasteiger partial charge in [-0.2, -0.15) is 4.99 Å². The molecular weight excluding hydrogens is 324 g/mol. The van der Waals surface area contributed by atoms with Crippen LogP contribution in [0.4, 0.5) is 0 Å². The van der Waals surface area contributed by atoms with Gasteiger partial charge in [0.15, 0.2) is 0 Å². The van der Waals surface area contributed by atoms with Gasteiger partial charge in [0.25, 0.3) is 5.91 Å². The molecule has 0 aliphatic rings. The Bertz CT molecular complexity index is 939. The van der Waals surface area contributed by atoms with Crippen LogP contribution in [0, 0.1) is 6.92 Å². The number of carbonyl (C=O) groups excluding carboxylic acids is 1. The summed E-state index contributed by atoms with van der Waals surface area (Å²) < 4.78 is 7.12. The fourth-order valence-corrected chi connectivity index (χ4v) is 2.68. The molecule has 0 atom stereocenters. The van der Waals surface area contributed by atoms with Gasteiger partial charge in [-0.05, 0) is 42.3 Å². The summed E-state index contributed by atoms with van der Waals surface area (Å²) in [5.41, 5.74) is 3.98. The molecule has 132 valence electrons. The minimum absolute atomic E-state index is 0.168. The lowest BCUT2D eigenvalue weighted by Crippen LogP contribution is -2.22. The van der Waals surface area contributed by atoms with Gasteiger partial charge in [-0.3, -0.25) is 4.79 Å². The smallest absolute Gasteiger partial charge is 0.252 e. The van der Waals surface area contributed by atoms with E-state index in [1.165, 1.54) is 11.1 Å². The minimum atomic E-state index is -0.168. The molecule has 3 rings (SSSR count). The van der Waals surface area contributed by atoms with E-state index in [0.717, 1.165) is 11.3 Å². The number of aromatic nitrogens is 1. The molecule has 0 aliphatic heterocycles. The highest BCUT2D eigenvalue weighted by Gasteiger charge is 2.03. The second-order valence-corrected chi connectivity index (χ2v) is 6.20. The highest BCUT2D eigenvalue weighted by molar-refractivity contribution is 5.79. The molecule has 1 aromatic heterocycles. The Morgan fingerprint density at radius 2 is 1.65 bits per heavy atom. The van der Waals surface area contributed by atoms with Crippen LogP contribution in [0.5, 0.6) is 5.75 Å². The maximum Gasteiger partial charge on any atom is 0.252 e. The Hall–Kier alpha value is -3.14. The molecule has 0 bridgehead atoms. The standard InChI is InChI=1S/C22H22N2O2/c1-17-6-8-19(9-7-17)16-24-14-4-3-5-21(24)23-22(25)15-18-10-12-20(26-2)13-11-18/h3-14H,15-16H2,1-2H3. The predicted octanol–water partition coefficient (Wildman–Crippen LogP) is 3.52. The van der Waals surface area contributed by atoms with Crippen molar-refractivity contribution in [1.29, 1.82) is 0 Å². The molecule has 0 N–H and O–H groups in total. The summed E-state index contributed by atoms with van der Waals surface area (Å²) in [5.74, 6) is 0.608. The van der Waals surface area contributed by atoms with Crippen LogP contribution in [0.25, 0.3) is 0 Å². The lowest BCUT2D eigenvalue weighted by Gasteiger charge is -2.08. The van der Waals surface area contributed by atoms with Gasteiger partial charge in [-0.15, -0.1) is 0 Å². The second kappa shape index (κ2) is 8.30. The summed E-state index contributed by atoms with van der Waals surface area (Å²) in [7, 11) is 1.62. The number of ether oxygens (including phenoxy) is 1. The normalized spacial score (nSPS) is 11.4. The highest BCUT2D eigenvalue weighted by atomic mass is 16.5. The van der Waals surface area contributed by atoms with Crippen LogP contribution in [-0.4, -0.2) is 17.6 Å². The number of nitrogens with zero attached hydrogens (tertiary/aromatic N) is 2. The van der Waals surface area contributed by atoms with Crippen molar-refractivity contribution in [3.8, 4) is 5.75 Å². The second-order valence-electron chi connectivity index (χ2n) is 6.20. The molecule has 3 aromatic rings. The topological polar surface area (TPSA) is 43.6 Å². The molecule has 4 nitrogen and oxygen atoms in total. The number of pyridine rings is 1. The average molecular weight is 346 g/mol. The van der Waals surface area contributed by atoms with Crippen LogP contribution in [0.3, 0.4) is 0 Å². The van der Waals surface area contributed by atoms with Crippen molar-refractivity contribution in [2.45, 2.75) is 19.9 Å². The van der Waals surface area contributed by atoms with Crippen molar-refractivity contribution in [3.05, 3.63) is 95.1 Å². The van der Waals surface area contributed by atoms with Gasteiger partial charge < -0.3 is 9.30 Å². The molecule has 0 unspecified atom stereocenters. The third kappa shape index (κ3) is 4.70. The van der Waals surface area contributed by atoms with Crippen LogP contribution in [0.1, 0.15) is 16.7 Å². The zero-order chi connectivity index (χ0) is 18.4. The molecule has 26 heavy (non-hydrogen) atoms. The largest absolute Gasteiger partial charge is 0.497 e. The van der Waals surface area contributed by atoms with Gasteiger partial charge in [0.2, 0.25) is 0 Å². The lowest BCUT2D eigenvalue weighted by molar-refractivity contribution is -0.117. The first-order valence-electron chi connectivity index (χ1n) is 8.55. The van der Waals surface area contributed by atoms with Crippen molar-refractivity contribution in [2.75, 3.05) is 7.11 Å². The molecule has 1 amide bonds. The summed E-state index contributed by atoms with van der Waals surface area (Å²) in [6.07, 6.45) is 2.21. The monoisotopic (exact) mass is 346 g/mol. The average Bonchev–Trinajstić information content (AvgIpc) is 2.66. The summed E-state index contributed by atoms with van der Waals surface area (Å²) in [6.45, 7) is 2.74. The number of hydrogen-bond acceptors (Lipinski definition) is 2. The Balaban J connectivity index is 1.79. The summed E-state index contributed by atoms with van der Waals surface area (Å²) in [5, 5.41) is 0. The number of benzene rings is 2. The predicted molar refractivity (Wildman–Crippen MR) is 102 cm³/mol. The first kappa shape index (κ1) is 17.7. The SMILES string of the molecule is COc1ccc(CC(=O)N=c2ccccn2Cc2ccc(C)cc2)cc1. The molecule has 0 saturated heterocycles. The number of carbonyl (C=O) groups is 1.